The van der Waals surface area contributed by atoms with Gasteiger partial charge in [-0.05, 0) is 32.9 Å². The molecule has 24 heavy (non-hydrogen) atoms. The minimum Gasteiger partial charge on any atom is -0.380 e. The zero-order valence-corrected chi connectivity index (χ0v) is 14.8. The second kappa shape index (κ2) is 7.32. The zero-order chi connectivity index (χ0) is 17.1. The van der Waals surface area contributed by atoms with E-state index < -0.39 is 0 Å². The Kier molecular flexibility index (Phi) is 5.16. The van der Waals surface area contributed by atoms with Crippen LogP contribution in [-0.2, 0) is 9.47 Å². The van der Waals surface area contributed by atoms with Crippen LogP contribution in [0.2, 0.25) is 0 Å². The highest BCUT2D eigenvalue weighted by atomic mass is 16.5. The van der Waals surface area contributed by atoms with Crippen molar-refractivity contribution >= 4 is 22.7 Å². The predicted molar refractivity (Wildman–Crippen MR) is 96.7 cm³/mol. The molecule has 3 unspecified atom stereocenters. The second-order valence-corrected chi connectivity index (χ2v) is 6.47. The number of benzene rings is 1. The van der Waals surface area contributed by atoms with Gasteiger partial charge in [0.15, 0.2) is 11.6 Å². The summed E-state index contributed by atoms with van der Waals surface area (Å²) in [6, 6.07) is 7.96. The molecule has 1 aromatic heterocycles. The molecule has 2 aromatic rings. The van der Waals surface area contributed by atoms with Gasteiger partial charge in [-0.3, -0.25) is 0 Å². The van der Waals surface area contributed by atoms with Crippen molar-refractivity contribution in [1.82, 2.24) is 9.97 Å². The van der Waals surface area contributed by atoms with Crippen molar-refractivity contribution in [2.45, 2.75) is 39.1 Å². The molecule has 0 spiro atoms. The third-order valence-electron chi connectivity index (χ3n) is 4.23. The fourth-order valence-electron chi connectivity index (χ4n) is 3.00. The summed E-state index contributed by atoms with van der Waals surface area (Å²) < 4.78 is 11.2. The molecule has 1 saturated heterocycles. The topological polar surface area (TPSA) is 59.5 Å². The number of ether oxygens (including phenoxy) is 2. The van der Waals surface area contributed by atoms with Crippen LogP contribution in [-0.4, -0.2) is 55.0 Å². The van der Waals surface area contributed by atoms with Crippen LogP contribution in [0, 0.1) is 0 Å². The summed E-state index contributed by atoms with van der Waals surface area (Å²) in [6.45, 7) is 8.53. The maximum atomic E-state index is 5.85. The van der Waals surface area contributed by atoms with Crippen molar-refractivity contribution in [3.05, 3.63) is 24.3 Å². The van der Waals surface area contributed by atoms with Gasteiger partial charge >= 0.3 is 0 Å². The normalized spacial score (nSPS) is 22.6. The molecule has 6 heteroatoms. The van der Waals surface area contributed by atoms with E-state index >= 15 is 0 Å². The molecular formula is C18H26N4O2. The second-order valence-electron chi connectivity index (χ2n) is 6.47. The number of rotatable bonds is 5. The summed E-state index contributed by atoms with van der Waals surface area (Å²) in [5.74, 6) is 1.69. The third kappa shape index (κ3) is 3.76. The van der Waals surface area contributed by atoms with E-state index in [-0.39, 0.29) is 18.3 Å². The van der Waals surface area contributed by atoms with E-state index in [4.69, 9.17) is 19.4 Å². The van der Waals surface area contributed by atoms with Gasteiger partial charge in [0.25, 0.3) is 0 Å². The Labute approximate surface area is 143 Å². The molecule has 1 aliphatic rings. The maximum Gasteiger partial charge on any atom is 0.172 e. The van der Waals surface area contributed by atoms with E-state index in [2.05, 4.69) is 24.1 Å². The smallest absolute Gasteiger partial charge is 0.172 e. The first-order chi connectivity index (χ1) is 11.6. The molecule has 3 rings (SSSR count). The number of para-hydroxylation sites is 2. The van der Waals surface area contributed by atoms with E-state index in [0.717, 1.165) is 35.8 Å². The molecule has 6 nitrogen and oxygen atoms in total. The highest BCUT2D eigenvalue weighted by Gasteiger charge is 2.26. The molecule has 1 fully saturated rings. The number of nitrogens with zero attached hydrogens (tertiary/aromatic N) is 3. The summed E-state index contributed by atoms with van der Waals surface area (Å²) in [6.07, 6.45) is 0.453. The molecule has 0 aliphatic carbocycles. The number of nitrogens with one attached hydrogen (secondary N) is 1. The van der Waals surface area contributed by atoms with Gasteiger partial charge in [-0.15, -0.1) is 0 Å². The Hall–Kier alpha value is -1.92. The first-order valence-electron chi connectivity index (χ1n) is 8.50. The zero-order valence-electron chi connectivity index (χ0n) is 14.8. The maximum absolute atomic E-state index is 5.85. The number of hydrogen-bond donors (Lipinski definition) is 1. The van der Waals surface area contributed by atoms with Crippen molar-refractivity contribution in [3.8, 4) is 0 Å². The predicted octanol–water partition coefficient (Wildman–Crippen LogP) is 2.69. The lowest BCUT2D eigenvalue weighted by Gasteiger charge is -2.36. The van der Waals surface area contributed by atoms with Crippen LogP contribution in [0.25, 0.3) is 11.0 Å². The largest absolute Gasteiger partial charge is 0.380 e. The van der Waals surface area contributed by atoms with Gasteiger partial charge in [0.05, 0.1) is 29.3 Å². The monoisotopic (exact) mass is 330 g/mol. The molecule has 0 saturated carbocycles. The lowest BCUT2D eigenvalue weighted by Crippen LogP contribution is -2.46. The van der Waals surface area contributed by atoms with Crippen LogP contribution in [0.1, 0.15) is 20.8 Å². The molecule has 0 radical (unpaired) electrons. The molecule has 130 valence electrons. The molecule has 1 aliphatic heterocycles. The van der Waals surface area contributed by atoms with Crippen molar-refractivity contribution in [2.75, 3.05) is 37.0 Å². The van der Waals surface area contributed by atoms with E-state index in [9.17, 15) is 0 Å². The highest BCUT2D eigenvalue weighted by molar-refractivity contribution is 5.80. The van der Waals surface area contributed by atoms with Crippen molar-refractivity contribution in [2.24, 2.45) is 0 Å². The average Bonchev–Trinajstić information content (AvgIpc) is 2.57. The molecule has 0 bridgehead atoms. The van der Waals surface area contributed by atoms with Gasteiger partial charge in [0.1, 0.15) is 0 Å². The van der Waals surface area contributed by atoms with Crippen LogP contribution in [0.4, 0.5) is 11.6 Å². The number of morpholine rings is 1. The lowest BCUT2D eigenvalue weighted by molar-refractivity contribution is -0.00541. The fourth-order valence-corrected chi connectivity index (χ4v) is 3.00. The van der Waals surface area contributed by atoms with Crippen molar-refractivity contribution in [3.63, 3.8) is 0 Å². The molecule has 0 amide bonds. The van der Waals surface area contributed by atoms with Gasteiger partial charge in [-0.1, -0.05) is 12.1 Å². The standard InChI is InChI=1S/C18H26N4O2/c1-12(23-4)9-19-17-18(22-10-13(2)24-14(3)11-22)21-16-8-6-5-7-15(16)20-17/h5-8,12-14H,9-11H2,1-4H3,(H,19,20). The summed E-state index contributed by atoms with van der Waals surface area (Å²) in [7, 11) is 1.71. The minimum absolute atomic E-state index is 0.105. The quantitative estimate of drug-likeness (QED) is 0.909. The SMILES string of the molecule is COC(C)CNc1nc2ccccc2nc1N1CC(C)OC(C)C1. The first kappa shape index (κ1) is 16.9. The van der Waals surface area contributed by atoms with Crippen molar-refractivity contribution in [1.29, 1.82) is 0 Å². The lowest BCUT2D eigenvalue weighted by atomic mass is 10.2. The van der Waals surface area contributed by atoms with Crippen LogP contribution in [0.15, 0.2) is 24.3 Å². The number of fused-ring (bicyclic) bond motifs is 1. The molecular weight excluding hydrogens is 304 g/mol. The van der Waals surface area contributed by atoms with E-state index in [0.29, 0.717) is 6.54 Å². The minimum atomic E-state index is 0.105. The number of hydrogen-bond acceptors (Lipinski definition) is 6. The van der Waals surface area contributed by atoms with E-state index in [1.807, 2.05) is 31.2 Å². The Morgan fingerprint density at radius 2 is 1.83 bits per heavy atom. The molecule has 1 aromatic carbocycles. The fraction of sp³-hybridized carbons (Fsp3) is 0.556. The van der Waals surface area contributed by atoms with E-state index in [1.54, 1.807) is 7.11 Å². The van der Waals surface area contributed by atoms with Crippen LogP contribution < -0.4 is 10.2 Å². The summed E-state index contributed by atoms with van der Waals surface area (Å²) >= 11 is 0. The molecule has 2 heterocycles. The Balaban J connectivity index is 1.96. The van der Waals surface area contributed by atoms with Gasteiger partial charge in [-0.25, -0.2) is 9.97 Å². The van der Waals surface area contributed by atoms with Gasteiger partial charge in [0, 0.05) is 26.7 Å². The molecule has 3 atom stereocenters. The highest BCUT2D eigenvalue weighted by Crippen LogP contribution is 2.27. The summed E-state index contributed by atoms with van der Waals surface area (Å²) in [4.78, 5) is 11.9. The first-order valence-corrected chi connectivity index (χ1v) is 8.50. The van der Waals surface area contributed by atoms with Crippen LogP contribution in [0.5, 0.6) is 0 Å². The van der Waals surface area contributed by atoms with Gasteiger partial charge in [0.2, 0.25) is 0 Å². The average molecular weight is 330 g/mol. The Bertz CT molecular complexity index is 684. The Morgan fingerprint density at radius 3 is 2.46 bits per heavy atom. The number of methoxy groups -OCH3 is 1. The van der Waals surface area contributed by atoms with Gasteiger partial charge in [-0.2, -0.15) is 0 Å². The molecule has 1 N–H and O–H groups in total. The summed E-state index contributed by atoms with van der Waals surface area (Å²) in [5.41, 5.74) is 1.80. The van der Waals surface area contributed by atoms with Crippen molar-refractivity contribution < 1.29 is 9.47 Å². The Morgan fingerprint density at radius 1 is 1.21 bits per heavy atom. The number of anilines is 2. The summed E-state index contributed by atoms with van der Waals surface area (Å²) in [5, 5.41) is 3.40. The van der Waals surface area contributed by atoms with Crippen LogP contribution in [0.3, 0.4) is 0 Å². The van der Waals surface area contributed by atoms with Gasteiger partial charge < -0.3 is 19.7 Å². The third-order valence-corrected chi connectivity index (χ3v) is 4.23. The van der Waals surface area contributed by atoms with Crippen LogP contribution >= 0.6 is 0 Å². The van der Waals surface area contributed by atoms with E-state index in [1.165, 1.54) is 0 Å². The number of aromatic nitrogens is 2.